The van der Waals surface area contributed by atoms with Gasteiger partial charge in [-0.3, -0.25) is 0 Å². The summed E-state index contributed by atoms with van der Waals surface area (Å²) in [6.07, 6.45) is 4.58. The highest BCUT2D eigenvalue weighted by molar-refractivity contribution is 7.99. The van der Waals surface area contributed by atoms with Crippen molar-refractivity contribution in [2.75, 3.05) is 27.2 Å². The van der Waals surface area contributed by atoms with Crippen LogP contribution in [0.25, 0.3) is 0 Å². The third kappa shape index (κ3) is 8.96. The molecule has 0 saturated carbocycles. The van der Waals surface area contributed by atoms with Crippen molar-refractivity contribution in [2.45, 2.75) is 55.8 Å². The van der Waals surface area contributed by atoms with E-state index in [-0.39, 0.29) is 6.10 Å². The Bertz CT molecular complexity index is 625. The molecule has 0 spiro atoms. The smallest absolute Gasteiger partial charge is 0.0825 e. The van der Waals surface area contributed by atoms with Crippen molar-refractivity contribution >= 4 is 11.8 Å². The summed E-state index contributed by atoms with van der Waals surface area (Å²) >= 11 is 1.91. The fraction of sp³-hybridized carbons (Fsp3) is 0.500. The number of aryl methyl sites for hydroxylation is 1. The summed E-state index contributed by atoms with van der Waals surface area (Å²) in [6.45, 7) is 6.36. The van der Waals surface area contributed by atoms with Crippen molar-refractivity contribution in [3.8, 4) is 0 Å². The molecule has 0 fully saturated rings. The monoisotopic (exact) mass is 385 g/mol. The Kier molecular flexibility index (Phi) is 9.96. The molecule has 0 N–H and O–H groups in total. The van der Waals surface area contributed by atoms with Crippen LogP contribution in [0.2, 0.25) is 0 Å². The molecule has 0 saturated heterocycles. The van der Waals surface area contributed by atoms with Gasteiger partial charge in [0.1, 0.15) is 0 Å². The summed E-state index contributed by atoms with van der Waals surface area (Å²) in [7, 11) is 4.23. The molecule has 0 aromatic heterocycles. The fourth-order valence-electron chi connectivity index (χ4n) is 3.12. The van der Waals surface area contributed by atoms with Crippen molar-refractivity contribution in [1.29, 1.82) is 0 Å². The van der Waals surface area contributed by atoms with Crippen LogP contribution in [0.5, 0.6) is 0 Å². The molecule has 0 heterocycles. The number of hydrogen-bond acceptors (Lipinski definition) is 3. The predicted molar refractivity (Wildman–Crippen MR) is 119 cm³/mol. The van der Waals surface area contributed by atoms with Gasteiger partial charge >= 0.3 is 0 Å². The van der Waals surface area contributed by atoms with E-state index >= 15 is 0 Å². The van der Waals surface area contributed by atoms with Crippen LogP contribution in [0.3, 0.4) is 0 Å². The molecule has 2 aromatic rings. The summed E-state index contributed by atoms with van der Waals surface area (Å²) in [4.78, 5) is 3.55. The van der Waals surface area contributed by atoms with E-state index in [0.717, 1.165) is 38.8 Å². The van der Waals surface area contributed by atoms with Gasteiger partial charge in [-0.1, -0.05) is 56.3 Å². The van der Waals surface area contributed by atoms with Crippen molar-refractivity contribution < 1.29 is 4.74 Å². The lowest BCUT2D eigenvalue weighted by molar-refractivity contribution is 0.0410. The molecule has 3 heteroatoms. The van der Waals surface area contributed by atoms with Crippen molar-refractivity contribution in [2.24, 2.45) is 0 Å². The van der Waals surface area contributed by atoms with Crippen LogP contribution in [-0.4, -0.2) is 37.4 Å². The molecule has 0 bridgehead atoms. The van der Waals surface area contributed by atoms with Crippen LogP contribution in [-0.2, 0) is 11.2 Å². The van der Waals surface area contributed by atoms with Gasteiger partial charge in [-0.15, -0.1) is 11.8 Å². The zero-order valence-electron chi connectivity index (χ0n) is 17.4. The molecule has 0 radical (unpaired) electrons. The van der Waals surface area contributed by atoms with E-state index in [4.69, 9.17) is 4.74 Å². The van der Waals surface area contributed by atoms with Crippen LogP contribution in [0.1, 0.15) is 50.3 Å². The Balaban J connectivity index is 1.93. The number of nitrogens with zero attached hydrogens (tertiary/aromatic N) is 1. The van der Waals surface area contributed by atoms with Gasteiger partial charge in [0.2, 0.25) is 0 Å². The first-order valence-electron chi connectivity index (χ1n) is 10.1. The first-order chi connectivity index (χ1) is 13.0. The highest BCUT2D eigenvalue weighted by atomic mass is 32.2. The normalized spacial score (nSPS) is 12.7. The molecule has 2 aromatic carbocycles. The van der Waals surface area contributed by atoms with Crippen molar-refractivity contribution in [1.82, 2.24) is 4.90 Å². The molecule has 0 aliphatic carbocycles. The Morgan fingerprint density at radius 3 is 2.26 bits per heavy atom. The van der Waals surface area contributed by atoms with E-state index in [0.29, 0.717) is 5.25 Å². The van der Waals surface area contributed by atoms with Gasteiger partial charge in [-0.05, 0) is 69.6 Å². The second kappa shape index (κ2) is 12.2. The quantitative estimate of drug-likeness (QED) is 0.318. The SMILES string of the molecule is CC(C)Sc1ccc(C(CCCc2ccccc2)OCCCN(C)C)cc1. The second-order valence-corrected chi connectivity index (χ2v) is 9.28. The predicted octanol–water partition coefficient (Wildman–Crippen LogP) is 6.22. The van der Waals surface area contributed by atoms with Crippen LogP contribution in [0, 0.1) is 0 Å². The minimum atomic E-state index is 0.189. The third-order valence-corrected chi connectivity index (χ3v) is 5.48. The topological polar surface area (TPSA) is 12.5 Å². The molecule has 27 heavy (non-hydrogen) atoms. The molecule has 2 rings (SSSR count). The van der Waals surface area contributed by atoms with Crippen LogP contribution < -0.4 is 0 Å². The minimum absolute atomic E-state index is 0.189. The summed E-state index contributed by atoms with van der Waals surface area (Å²) in [5, 5.41) is 0.611. The molecular formula is C24H35NOS. The fourth-order valence-corrected chi connectivity index (χ4v) is 3.96. The van der Waals surface area contributed by atoms with Gasteiger partial charge in [0.15, 0.2) is 0 Å². The highest BCUT2D eigenvalue weighted by Crippen LogP contribution is 2.28. The maximum absolute atomic E-state index is 6.30. The zero-order chi connectivity index (χ0) is 19.5. The first-order valence-corrected chi connectivity index (χ1v) is 11.0. The maximum atomic E-state index is 6.30. The largest absolute Gasteiger partial charge is 0.373 e. The van der Waals surface area contributed by atoms with Gasteiger partial charge in [0.25, 0.3) is 0 Å². The van der Waals surface area contributed by atoms with E-state index < -0.39 is 0 Å². The lowest BCUT2D eigenvalue weighted by Gasteiger charge is -2.20. The Morgan fingerprint density at radius 1 is 0.926 bits per heavy atom. The number of thioether (sulfide) groups is 1. The summed E-state index contributed by atoms with van der Waals surface area (Å²) < 4.78 is 6.30. The van der Waals surface area contributed by atoms with Crippen LogP contribution in [0.4, 0.5) is 0 Å². The van der Waals surface area contributed by atoms with E-state index in [2.05, 4.69) is 87.4 Å². The number of ether oxygens (including phenoxy) is 1. The number of rotatable bonds is 12. The minimum Gasteiger partial charge on any atom is -0.373 e. The van der Waals surface area contributed by atoms with E-state index in [1.165, 1.54) is 16.0 Å². The van der Waals surface area contributed by atoms with Crippen molar-refractivity contribution in [3.05, 3.63) is 65.7 Å². The van der Waals surface area contributed by atoms with Crippen LogP contribution >= 0.6 is 11.8 Å². The Morgan fingerprint density at radius 2 is 1.63 bits per heavy atom. The van der Waals surface area contributed by atoms with Crippen molar-refractivity contribution in [3.63, 3.8) is 0 Å². The number of benzene rings is 2. The zero-order valence-corrected chi connectivity index (χ0v) is 18.2. The first kappa shape index (κ1) is 22.0. The van der Waals surface area contributed by atoms with Gasteiger partial charge in [-0.25, -0.2) is 0 Å². The Labute approximate surface area is 170 Å². The highest BCUT2D eigenvalue weighted by Gasteiger charge is 2.13. The van der Waals surface area contributed by atoms with Gasteiger partial charge in [0, 0.05) is 16.8 Å². The standard InChI is InChI=1S/C24H35NOS/c1-20(2)27-23-16-14-22(15-17-23)24(26-19-9-18-25(3)4)13-8-12-21-10-6-5-7-11-21/h5-7,10-11,14-17,20,24H,8-9,12-13,18-19H2,1-4H3. The van der Waals surface area contributed by atoms with E-state index in [9.17, 15) is 0 Å². The average Bonchev–Trinajstić information content (AvgIpc) is 2.64. The molecule has 2 nitrogen and oxygen atoms in total. The van der Waals surface area contributed by atoms with Gasteiger partial charge in [-0.2, -0.15) is 0 Å². The Hall–Kier alpha value is -1.29. The average molecular weight is 386 g/mol. The lowest BCUT2D eigenvalue weighted by Crippen LogP contribution is -2.16. The molecule has 1 atom stereocenters. The summed E-state index contributed by atoms with van der Waals surface area (Å²) in [5.41, 5.74) is 2.72. The van der Waals surface area contributed by atoms with E-state index in [1.807, 2.05) is 11.8 Å². The molecular weight excluding hydrogens is 350 g/mol. The van der Waals surface area contributed by atoms with Gasteiger partial charge in [0.05, 0.1) is 6.10 Å². The molecule has 148 valence electrons. The third-order valence-electron chi connectivity index (χ3n) is 4.47. The summed E-state index contributed by atoms with van der Waals surface area (Å²) in [5.74, 6) is 0. The molecule has 0 aliphatic heterocycles. The maximum Gasteiger partial charge on any atom is 0.0825 e. The van der Waals surface area contributed by atoms with Crippen LogP contribution in [0.15, 0.2) is 59.5 Å². The number of hydrogen-bond donors (Lipinski definition) is 0. The lowest BCUT2D eigenvalue weighted by atomic mass is 10.0. The molecule has 1 unspecified atom stereocenters. The molecule has 0 amide bonds. The second-order valence-electron chi connectivity index (χ2n) is 7.63. The molecule has 0 aliphatic rings. The van der Waals surface area contributed by atoms with E-state index in [1.54, 1.807) is 0 Å². The summed E-state index contributed by atoms with van der Waals surface area (Å²) in [6, 6.07) is 19.7. The van der Waals surface area contributed by atoms with Gasteiger partial charge < -0.3 is 9.64 Å².